The summed E-state index contributed by atoms with van der Waals surface area (Å²) in [6.07, 6.45) is 0.356. The number of hydrogen-bond acceptors (Lipinski definition) is 4. The molecule has 1 saturated heterocycles. The standard InChI is InChI=1S/C22H21N3OS/c1-16-7-9-18(10-8-16)19-11-21(26)25-14-24(13-17-5-3-2-4-6-17)15-27-22(25)20(19)12-23/h2-10,19H,11,13-15H2,1H3/t19-/m0/s1. The second kappa shape index (κ2) is 7.59. The Labute approximate surface area is 164 Å². The number of carbonyl (C=O) groups is 1. The fraction of sp³-hybridized carbons (Fsp3) is 0.273. The van der Waals surface area contributed by atoms with Gasteiger partial charge in [-0.25, -0.2) is 0 Å². The van der Waals surface area contributed by atoms with E-state index in [2.05, 4.69) is 23.1 Å². The van der Waals surface area contributed by atoms with Gasteiger partial charge in [-0.15, -0.1) is 0 Å². The molecule has 1 fully saturated rings. The fourth-order valence-electron chi connectivity index (χ4n) is 3.63. The molecule has 136 valence electrons. The average molecular weight is 375 g/mol. The summed E-state index contributed by atoms with van der Waals surface area (Å²) < 4.78 is 0. The van der Waals surface area contributed by atoms with Crippen molar-refractivity contribution in [3.05, 3.63) is 81.9 Å². The Hall–Kier alpha value is -2.55. The fourth-order valence-corrected chi connectivity index (χ4v) is 4.77. The molecule has 0 spiro atoms. The lowest BCUT2D eigenvalue weighted by Crippen LogP contribution is -2.46. The van der Waals surface area contributed by atoms with E-state index in [4.69, 9.17) is 0 Å². The molecule has 0 saturated carbocycles. The number of amides is 1. The zero-order valence-electron chi connectivity index (χ0n) is 15.3. The minimum absolute atomic E-state index is 0.0971. The van der Waals surface area contributed by atoms with E-state index < -0.39 is 0 Å². The number of rotatable bonds is 3. The van der Waals surface area contributed by atoms with E-state index in [1.807, 2.05) is 49.4 Å². The van der Waals surface area contributed by atoms with Crippen LogP contribution in [0.3, 0.4) is 0 Å². The highest BCUT2D eigenvalue weighted by Gasteiger charge is 2.38. The topological polar surface area (TPSA) is 47.3 Å². The van der Waals surface area contributed by atoms with Gasteiger partial charge in [-0.3, -0.25) is 14.6 Å². The molecule has 0 bridgehead atoms. The highest BCUT2D eigenvalue weighted by molar-refractivity contribution is 8.03. The van der Waals surface area contributed by atoms with Crippen LogP contribution in [0.25, 0.3) is 0 Å². The van der Waals surface area contributed by atoms with Gasteiger partial charge in [0.05, 0.1) is 29.2 Å². The normalized spacial score (nSPS) is 20.4. The second-order valence-electron chi connectivity index (χ2n) is 7.05. The number of carbonyl (C=O) groups excluding carboxylic acids is 1. The van der Waals surface area contributed by atoms with E-state index in [1.165, 1.54) is 11.1 Å². The molecule has 0 unspecified atom stereocenters. The number of thioether (sulfide) groups is 1. The van der Waals surface area contributed by atoms with Crippen LogP contribution in [0.4, 0.5) is 0 Å². The summed E-state index contributed by atoms with van der Waals surface area (Å²) in [6, 6.07) is 20.8. The van der Waals surface area contributed by atoms with Crippen LogP contribution in [0.1, 0.15) is 29.0 Å². The predicted molar refractivity (Wildman–Crippen MR) is 107 cm³/mol. The molecule has 0 radical (unpaired) electrons. The maximum absolute atomic E-state index is 12.9. The van der Waals surface area contributed by atoms with E-state index in [0.717, 1.165) is 28.6 Å². The third-order valence-electron chi connectivity index (χ3n) is 5.08. The molecule has 2 aliphatic rings. The molecular formula is C22H21N3OS. The molecule has 4 rings (SSSR count). The quantitative estimate of drug-likeness (QED) is 0.806. The van der Waals surface area contributed by atoms with Crippen molar-refractivity contribution in [1.82, 2.24) is 9.80 Å². The molecule has 2 heterocycles. The zero-order valence-corrected chi connectivity index (χ0v) is 16.1. The summed E-state index contributed by atoms with van der Waals surface area (Å²) in [7, 11) is 0. The van der Waals surface area contributed by atoms with Crippen LogP contribution in [0, 0.1) is 18.3 Å². The lowest BCUT2D eigenvalue weighted by molar-refractivity contribution is -0.131. The number of allylic oxidation sites excluding steroid dienone is 1. The zero-order chi connectivity index (χ0) is 18.8. The van der Waals surface area contributed by atoms with Gasteiger partial charge in [0.25, 0.3) is 0 Å². The van der Waals surface area contributed by atoms with Crippen LogP contribution in [-0.4, -0.2) is 28.3 Å². The van der Waals surface area contributed by atoms with Crippen molar-refractivity contribution in [3.8, 4) is 6.07 Å². The molecule has 0 N–H and O–H groups in total. The van der Waals surface area contributed by atoms with E-state index >= 15 is 0 Å². The molecule has 0 aliphatic carbocycles. The van der Waals surface area contributed by atoms with Crippen molar-refractivity contribution in [2.75, 3.05) is 12.5 Å². The van der Waals surface area contributed by atoms with Gasteiger partial charge >= 0.3 is 0 Å². The summed E-state index contributed by atoms with van der Waals surface area (Å²) in [4.78, 5) is 16.9. The first-order chi connectivity index (χ1) is 13.2. The van der Waals surface area contributed by atoms with Crippen molar-refractivity contribution in [2.45, 2.75) is 25.8 Å². The average Bonchev–Trinajstić information content (AvgIpc) is 2.69. The third kappa shape index (κ3) is 3.64. The van der Waals surface area contributed by atoms with Crippen molar-refractivity contribution in [1.29, 1.82) is 5.26 Å². The molecule has 2 aromatic rings. The molecule has 0 aromatic heterocycles. The van der Waals surface area contributed by atoms with Crippen LogP contribution in [0.5, 0.6) is 0 Å². The molecule has 2 aromatic carbocycles. The van der Waals surface area contributed by atoms with Gasteiger partial charge in [0.15, 0.2) is 0 Å². The number of benzene rings is 2. The van der Waals surface area contributed by atoms with Crippen molar-refractivity contribution < 1.29 is 4.79 Å². The van der Waals surface area contributed by atoms with Gasteiger partial charge in [0, 0.05) is 18.9 Å². The van der Waals surface area contributed by atoms with Gasteiger partial charge in [0.2, 0.25) is 5.91 Å². The number of hydrogen-bond donors (Lipinski definition) is 0. The number of fused-ring (bicyclic) bond motifs is 1. The number of aryl methyl sites for hydroxylation is 1. The summed E-state index contributed by atoms with van der Waals surface area (Å²) in [6.45, 7) is 3.38. The van der Waals surface area contributed by atoms with Crippen LogP contribution in [0.15, 0.2) is 65.2 Å². The minimum atomic E-state index is -0.137. The van der Waals surface area contributed by atoms with Crippen molar-refractivity contribution >= 4 is 17.7 Å². The number of nitrogens with zero attached hydrogens (tertiary/aromatic N) is 3. The highest BCUT2D eigenvalue weighted by atomic mass is 32.2. The van der Waals surface area contributed by atoms with Crippen LogP contribution in [0.2, 0.25) is 0 Å². The number of nitriles is 1. The summed E-state index contributed by atoms with van der Waals surface area (Å²) in [5.74, 6) is 0.738. The maximum Gasteiger partial charge on any atom is 0.229 e. The first-order valence-electron chi connectivity index (χ1n) is 9.06. The van der Waals surface area contributed by atoms with Gasteiger partial charge in [-0.05, 0) is 18.1 Å². The highest BCUT2D eigenvalue weighted by Crippen LogP contribution is 2.42. The van der Waals surface area contributed by atoms with Gasteiger partial charge in [-0.2, -0.15) is 5.26 Å². The summed E-state index contributed by atoms with van der Waals surface area (Å²) in [5, 5.41) is 10.7. The predicted octanol–water partition coefficient (Wildman–Crippen LogP) is 4.21. The van der Waals surface area contributed by atoms with E-state index in [1.54, 1.807) is 16.7 Å². The summed E-state index contributed by atoms with van der Waals surface area (Å²) >= 11 is 1.60. The Balaban J connectivity index is 1.59. The first kappa shape index (κ1) is 17.8. The first-order valence-corrected chi connectivity index (χ1v) is 10.0. The van der Waals surface area contributed by atoms with E-state index in [9.17, 15) is 10.1 Å². The Bertz CT molecular complexity index is 915. The summed E-state index contributed by atoms with van der Waals surface area (Å²) in [5.41, 5.74) is 4.18. The smallest absolute Gasteiger partial charge is 0.229 e. The van der Waals surface area contributed by atoms with Gasteiger partial charge < -0.3 is 0 Å². The molecular weight excluding hydrogens is 354 g/mol. The molecule has 1 amide bonds. The maximum atomic E-state index is 12.9. The Morgan fingerprint density at radius 3 is 2.59 bits per heavy atom. The van der Waals surface area contributed by atoms with Crippen LogP contribution < -0.4 is 0 Å². The Kier molecular flexibility index (Phi) is 5.02. The van der Waals surface area contributed by atoms with Crippen molar-refractivity contribution in [3.63, 3.8) is 0 Å². The lowest BCUT2D eigenvalue weighted by atomic mass is 9.86. The van der Waals surface area contributed by atoms with Gasteiger partial charge in [0.1, 0.15) is 0 Å². The van der Waals surface area contributed by atoms with Crippen LogP contribution >= 0.6 is 11.8 Å². The molecule has 2 aliphatic heterocycles. The van der Waals surface area contributed by atoms with Crippen molar-refractivity contribution in [2.24, 2.45) is 0 Å². The van der Waals surface area contributed by atoms with Gasteiger partial charge in [-0.1, -0.05) is 71.9 Å². The van der Waals surface area contributed by atoms with Crippen LogP contribution in [-0.2, 0) is 11.3 Å². The third-order valence-corrected chi connectivity index (χ3v) is 6.29. The molecule has 4 nitrogen and oxygen atoms in total. The molecule has 27 heavy (non-hydrogen) atoms. The minimum Gasteiger partial charge on any atom is -0.292 e. The Morgan fingerprint density at radius 2 is 1.89 bits per heavy atom. The Morgan fingerprint density at radius 1 is 1.15 bits per heavy atom. The largest absolute Gasteiger partial charge is 0.292 e. The van der Waals surface area contributed by atoms with E-state index in [-0.39, 0.29) is 11.8 Å². The SMILES string of the molecule is Cc1ccc([C@@H]2CC(=O)N3CN(Cc4ccccc4)CSC3=C2C#N)cc1. The monoisotopic (exact) mass is 375 g/mol. The molecule has 5 heteroatoms. The lowest BCUT2D eigenvalue weighted by Gasteiger charge is -2.41. The molecule has 1 atom stereocenters. The van der Waals surface area contributed by atoms with E-state index in [0.29, 0.717) is 13.1 Å². The second-order valence-corrected chi connectivity index (χ2v) is 7.98.